The van der Waals surface area contributed by atoms with Crippen LogP contribution in [0, 0.1) is 0 Å². The first-order chi connectivity index (χ1) is 12.2. The SMILES string of the molecule is CN(C(=S)/N=C(\Nc1ccccc1)c1ccccc1)c1ccccc1. The molecule has 0 amide bonds. The van der Waals surface area contributed by atoms with E-state index in [-0.39, 0.29) is 0 Å². The molecule has 0 aliphatic heterocycles. The molecule has 0 bridgehead atoms. The number of nitrogens with one attached hydrogen (secondary N) is 1. The average molecular weight is 345 g/mol. The summed E-state index contributed by atoms with van der Waals surface area (Å²) in [6.07, 6.45) is 0. The molecule has 3 rings (SSSR count). The van der Waals surface area contributed by atoms with Gasteiger partial charge < -0.3 is 10.2 Å². The van der Waals surface area contributed by atoms with Crippen molar-refractivity contribution in [1.29, 1.82) is 0 Å². The monoisotopic (exact) mass is 345 g/mol. The van der Waals surface area contributed by atoms with Crippen LogP contribution in [0.2, 0.25) is 0 Å². The Morgan fingerprint density at radius 1 is 0.800 bits per heavy atom. The van der Waals surface area contributed by atoms with Gasteiger partial charge in [-0.05, 0) is 36.5 Å². The van der Waals surface area contributed by atoms with Gasteiger partial charge in [-0.2, -0.15) is 0 Å². The minimum Gasteiger partial charge on any atom is -0.340 e. The van der Waals surface area contributed by atoms with Gasteiger partial charge in [0.15, 0.2) is 0 Å². The lowest BCUT2D eigenvalue weighted by Gasteiger charge is -2.18. The van der Waals surface area contributed by atoms with Crippen molar-refractivity contribution in [2.75, 3.05) is 17.3 Å². The Hall–Kier alpha value is -2.98. The second-order valence-electron chi connectivity index (χ2n) is 5.49. The van der Waals surface area contributed by atoms with Crippen molar-refractivity contribution in [3.63, 3.8) is 0 Å². The smallest absolute Gasteiger partial charge is 0.201 e. The number of hydrogen-bond acceptors (Lipinski definition) is 1. The minimum atomic E-state index is 0.494. The zero-order valence-corrected chi connectivity index (χ0v) is 14.8. The summed E-state index contributed by atoms with van der Waals surface area (Å²) in [7, 11) is 1.92. The highest BCUT2D eigenvalue weighted by Crippen LogP contribution is 2.14. The number of hydrogen-bond donors (Lipinski definition) is 1. The summed E-state index contributed by atoms with van der Waals surface area (Å²) >= 11 is 5.55. The van der Waals surface area contributed by atoms with E-state index in [4.69, 9.17) is 12.2 Å². The van der Waals surface area contributed by atoms with Crippen LogP contribution in [0.1, 0.15) is 5.56 Å². The first-order valence-electron chi connectivity index (χ1n) is 8.03. The molecule has 0 radical (unpaired) electrons. The van der Waals surface area contributed by atoms with Crippen LogP contribution in [-0.4, -0.2) is 18.0 Å². The maximum Gasteiger partial charge on any atom is 0.201 e. The van der Waals surface area contributed by atoms with Crippen LogP contribution in [0.3, 0.4) is 0 Å². The maximum absolute atomic E-state index is 5.55. The fourth-order valence-electron chi connectivity index (χ4n) is 2.35. The van der Waals surface area contributed by atoms with E-state index in [1.165, 1.54) is 0 Å². The van der Waals surface area contributed by atoms with E-state index >= 15 is 0 Å². The normalized spacial score (nSPS) is 11.0. The van der Waals surface area contributed by atoms with Crippen molar-refractivity contribution in [3.8, 4) is 0 Å². The molecule has 124 valence electrons. The summed E-state index contributed by atoms with van der Waals surface area (Å²) in [6, 6.07) is 29.9. The molecule has 0 aliphatic rings. The summed E-state index contributed by atoms with van der Waals surface area (Å²) in [5.41, 5.74) is 2.95. The lowest BCUT2D eigenvalue weighted by Crippen LogP contribution is -2.26. The molecule has 1 N–H and O–H groups in total. The van der Waals surface area contributed by atoms with Crippen LogP contribution in [-0.2, 0) is 0 Å². The predicted molar refractivity (Wildman–Crippen MR) is 110 cm³/mol. The Kier molecular flexibility index (Phi) is 5.54. The molecule has 0 heterocycles. The highest BCUT2D eigenvalue weighted by atomic mass is 32.1. The summed E-state index contributed by atoms with van der Waals surface area (Å²) in [5, 5.41) is 3.86. The summed E-state index contributed by atoms with van der Waals surface area (Å²) in [6.45, 7) is 0. The van der Waals surface area contributed by atoms with E-state index < -0.39 is 0 Å². The van der Waals surface area contributed by atoms with Crippen molar-refractivity contribution >= 4 is 34.5 Å². The van der Waals surface area contributed by atoms with Gasteiger partial charge in [-0.15, -0.1) is 0 Å². The van der Waals surface area contributed by atoms with E-state index in [9.17, 15) is 0 Å². The van der Waals surface area contributed by atoms with Crippen molar-refractivity contribution in [1.82, 2.24) is 0 Å². The number of rotatable bonds is 3. The zero-order valence-electron chi connectivity index (χ0n) is 14.0. The van der Waals surface area contributed by atoms with Crippen LogP contribution in [0.4, 0.5) is 11.4 Å². The Morgan fingerprint density at radius 3 is 1.92 bits per heavy atom. The molecule has 4 heteroatoms. The molecule has 0 spiro atoms. The molecule has 3 nitrogen and oxygen atoms in total. The fourth-order valence-corrected chi connectivity index (χ4v) is 2.55. The van der Waals surface area contributed by atoms with E-state index in [0.717, 1.165) is 22.8 Å². The minimum absolute atomic E-state index is 0.494. The third kappa shape index (κ3) is 4.52. The van der Waals surface area contributed by atoms with E-state index in [0.29, 0.717) is 5.11 Å². The Balaban J connectivity index is 1.90. The highest BCUT2D eigenvalue weighted by Gasteiger charge is 2.09. The quantitative estimate of drug-likeness (QED) is 0.413. The Morgan fingerprint density at radius 2 is 1.32 bits per heavy atom. The van der Waals surface area contributed by atoms with Gasteiger partial charge in [0, 0.05) is 24.0 Å². The number of amidine groups is 1. The standard InChI is InChI=1S/C21H19N3S/c1-24(19-15-9-4-10-16-19)21(25)23-20(17-11-5-2-6-12-17)22-18-13-7-3-8-14-18/h2-16H,1H3,(H,22,23,25). The van der Waals surface area contributed by atoms with Crippen LogP contribution < -0.4 is 10.2 Å². The number of nitrogens with zero attached hydrogens (tertiary/aromatic N) is 2. The topological polar surface area (TPSA) is 27.6 Å². The third-order valence-corrected chi connectivity index (χ3v) is 4.09. The molecule has 0 unspecified atom stereocenters. The first-order valence-corrected chi connectivity index (χ1v) is 8.44. The van der Waals surface area contributed by atoms with Gasteiger partial charge in [-0.3, -0.25) is 0 Å². The highest BCUT2D eigenvalue weighted by molar-refractivity contribution is 7.80. The summed E-state index contributed by atoms with van der Waals surface area (Å²) in [5.74, 6) is 0.722. The molecule has 0 saturated heterocycles. The van der Waals surface area contributed by atoms with Crippen molar-refractivity contribution in [2.45, 2.75) is 0 Å². The van der Waals surface area contributed by atoms with Gasteiger partial charge in [0.2, 0.25) is 5.11 Å². The number of aliphatic imine (C=N–C) groups is 1. The van der Waals surface area contributed by atoms with Gasteiger partial charge in [0.05, 0.1) is 0 Å². The van der Waals surface area contributed by atoms with Gasteiger partial charge >= 0.3 is 0 Å². The maximum atomic E-state index is 5.55. The summed E-state index contributed by atoms with van der Waals surface area (Å²) in [4.78, 5) is 6.58. The molecular formula is C21H19N3S. The second kappa shape index (κ2) is 8.22. The molecule has 0 saturated carbocycles. The average Bonchev–Trinajstić information content (AvgIpc) is 2.69. The van der Waals surface area contributed by atoms with E-state index in [1.807, 2.05) is 103 Å². The van der Waals surface area contributed by atoms with Gasteiger partial charge in [-0.25, -0.2) is 4.99 Å². The Labute approximate surface area is 153 Å². The van der Waals surface area contributed by atoms with Gasteiger partial charge in [-0.1, -0.05) is 66.7 Å². The van der Waals surface area contributed by atoms with Crippen LogP contribution in [0.15, 0.2) is 96.0 Å². The number of benzene rings is 3. The molecule has 0 atom stereocenters. The predicted octanol–water partition coefficient (Wildman–Crippen LogP) is 4.97. The van der Waals surface area contributed by atoms with Crippen LogP contribution in [0.25, 0.3) is 0 Å². The molecule has 0 aliphatic carbocycles. The zero-order chi connectivity index (χ0) is 17.5. The van der Waals surface area contributed by atoms with Gasteiger partial charge in [0.25, 0.3) is 0 Å². The number of thiocarbonyl (C=S) groups is 1. The molecule has 3 aromatic rings. The lowest BCUT2D eigenvalue weighted by atomic mass is 10.2. The molecule has 25 heavy (non-hydrogen) atoms. The number of para-hydroxylation sites is 2. The molecular weight excluding hydrogens is 326 g/mol. The fraction of sp³-hybridized carbons (Fsp3) is 0.0476. The molecule has 3 aromatic carbocycles. The Bertz CT molecular complexity index is 846. The second-order valence-corrected chi connectivity index (χ2v) is 5.86. The molecule has 0 fully saturated rings. The largest absolute Gasteiger partial charge is 0.340 e. The van der Waals surface area contributed by atoms with Crippen molar-refractivity contribution in [3.05, 3.63) is 96.6 Å². The molecule has 0 aromatic heterocycles. The third-order valence-electron chi connectivity index (χ3n) is 3.72. The first kappa shape index (κ1) is 16.9. The number of anilines is 2. The van der Waals surface area contributed by atoms with Crippen LogP contribution >= 0.6 is 12.2 Å². The van der Waals surface area contributed by atoms with Crippen molar-refractivity contribution < 1.29 is 0 Å². The van der Waals surface area contributed by atoms with E-state index in [1.54, 1.807) is 0 Å². The van der Waals surface area contributed by atoms with Gasteiger partial charge in [0.1, 0.15) is 5.84 Å². The lowest BCUT2D eigenvalue weighted by molar-refractivity contribution is 1.26. The van der Waals surface area contributed by atoms with Crippen LogP contribution in [0.5, 0.6) is 0 Å². The van der Waals surface area contributed by atoms with E-state index in [2.05, 4.69) is 10.3 Å². The van der Waals surface area contributed by atoms with Crippen molar-refractivity contribution in [2.24, 2.45) is 4.99 Å². The summed E-state index contributed by atoms with van der Waals surface area (Å²) < 4.78 is 0.